The van der Waals surface area contributed by atoms with Crippen molar-refractivity contribution >= 4 is 5.91 Å². The second kappa shape index (κ2) is 8.75. The minimum atomic E-state index is -0.441. The summed E-state index contributed by atoms with van der Waals surface area (Å²) in [5.41, 5.74) is 7.24. The van der Waals surface area contributed by atoms with Gasteiger partial charge in [0, 0.05) is 12.6 Å². The summed E-state index contributed by atoms with van der Waals surface area (Å²) in [4.78, 5) is 14.5. The van der Waals surface area contributed by atoms with Crippen LogP contribution in [0.5, 0.6) is 0 Å². The quantitative estimate of drug-likeness (QED) is 0.793. The van der Waals surface area contributed by atoms with Crippen LogP contribution in [0.3, 0.4) is 0 Å². The highest BCUT2D eigenvalue weighted by Crippen LogP contribution is 2.10. The first-order valence-electron chi connectivity index (χ1n) is 7.70. The Hall–Kier alpha value is -1.35. The molecule has 20 heavy (non-hydrogen) atoms. The molecule has 0 saturated carbocycles. The number of nitrogens with two attached hydrogens (primary N) is 1. The summed E-state index contributed by atoms with van der Waals surface area (Å²) in [6.07, 6.45) is 3.70. The molecular weight excluding hydrogens is 248 g/mol. The van der Waals surface area contributed by atoms with Crippen molar-refractivity contribution in [2.45, 2.75) is 58.5 Å². The van der Waals surface area contributed by atoms with Gasteiger partial charge in [-0.2, -0.15) is 0 Å². The van der Waals surface area contributed by atoms with E-state index < -0.39 is 6.04 Å². The summed E-state index contributed by atoms with van der Waals surface area (Å²) in [6, 6.07) is 9.80. The van der Waals surface area contributed by atoms with E-state index in [1.54, 1.807) is 0 Å². The number of nitrogens with zero attached hydrogens (tertiary/aromatic N) is 1. The van der Waals surface area contributed by atoms with E-state index in [0.717, 1.165) is 31.4 Å². The normalized spacial score (nSPS) is 13.8. The maximum absolute atomic E-state index is 12.6. The first kappa shape index (κ1) is 16.7. The second-order valence-corrected chi connectivity index (χ2v) is 5.44. The first-order valence-corrected chi connectivity index (χ1v) is 7.70. The van der Waals surface area contributed by atoms with E-state index in [9.17, 15) is 4.79 Å². The summed E-state index contributed by atoms with van der Waals surface area (Å²) in [7, 11) is 0. The van der Waals surface area contributed by atoms with Gasteiger partial charge in [0.25, 0.3) is 0 Å². The second-order valence-electron chi connectivity index (χ2n) is 5.44. The van der Waals surface area contributed by atoms with Gasteiger partial charge in [-0.3, -0.25) is 4.79 Å². The Morgan fingerprint density at radius 2 is 1.90 bits per heavy atom. The molecule has 0 aliphatic rings. The Labute approximate surface area is 123 Å². The van der Waals surface area contributed by atoms with Gasteiger partial charge in [-0.15, -0.1) is 0 Å². The van der Waals surface area contributed by atoms with Crippen LogP contribution in [0.4, 0.5) is 0 Å². The van der Waals surface area contributed by atoms with Crippen LogP contribution >= 0.6 is 0 Å². The zero-order valence-electron chi connectivity index (χ0n) is 13.0. The molecule has 1 aromatic carbocycles. The van der Waals surface area contributed by atoms with Crippen molar-refractivity contribution < 1.29 is 4.79 Å². The number of carbonyl (C=O) groups excluding carboxylic acids is 1. The minimum Gasteiger partial charge on any atom is -0.339 e. The van der Waals surface area contributed by atoms with E-state index in [1.165, 1.54) is 0 Å². The highest BCUT2D eigenvalue weighted by Gasteiger charge is 2.24. The third-order valence-corrected chi connectivity index (χ3v) is 3.77. The van der Waals surface area contributed by atoms with Crippen LogP contribution in [0.15, 0.2) is 30.3 Å². The Balaban J connectivity index is 2.67. The molecule has 2 N–H and O–H groups in total. The van der Waals surface area contributed by atoms with E-state index in [2.05, 4.69) is 20.8 Å². The van der Waals surface area contributed by atoms with Crippen molar-refractivity contribution in [3.63, 3.8) is 0 Å². The van der Waals surface area contributed by atoms with E-state index in [4.69, 9.17) is 5.73 Å². The average molecular weight is 276 g/mol. The molecule has 0 aliphatic heterocycles. The smallest absolute Gasteiger partial charge is 0.240 e. The molecule has 0 aliphatic carbocycles. The van der Waals surface area contributed by atoms with Gasteiger partial charge >= 0.3 is 0 Å². The van der Waals surface area contributed by atoms with Gasteiger partial charge in [-0.25, -0.2) is 0 Å². The molecular formula is C17H28N2O. The van der Waals surface area contributed by atoms with E-state index in [0.29, 0.717) is 6.42 Å². The molecule has 1 amide bonds. The maximum Gasteiger partial charge on any atom is 0.240 e. The van der Waals surface area contributed by atoms with Crippen molar-refractivity contribution in [3.05, 3.63) is 35.9 Å². The number of rotatable bonds is 8. The summed E-state index contributed by atoms with van der Waals surface area (Å²) in [5.74, 6) is 0.0802. The van der Waals surface area contributed by atoms with E-state index >= 15 is 0 Å². The average Bonchev–Trinajstić information content (AvgIpc) is 2.48. The van der Waals surface area contributed by atoms with Crippen LogP contribution in [0.1, 0.15) is 45.6 Å². The summed E-state index contributed by atoms with van der Waals surface area (Å²) in [6.45, 7) is 7.17. The largest absolute Gasteiger partial charge is 0.339 e. The first-order chi connectivity index (χ1) is 9.60. The topological polar surface area (TPSA) is 46.3 Å². The number of benzene rings is 1. The highest BCUT2D eigenvalue weighted by molar-refractivity contribution is 5.82. The van der Waals surface area contributed by atoms with Gasteiger partial charge in [-0.05, 0) is 31.7 Å². The lowest BCUT2D eigenvalue weighted by Crippen LogP contribution is -2.48. The lowest BCUT2D eigenvalue weighted by atomic mass is 10.0. The maximum atomic E-state index is 12.6. The molecule has 3 nitrogen and oxygen atoms in total. The highest BCUT2D eigenvalue weighted by atomic mass is 16.2. The molecule has 0 fully saturated rings. The van der Waals surface area contributed by atoms with Crippen molar-refractivity contribution in [3.8, 4) is 0 Å². The van der Waals surface area contributed by atoms with E-state index in [-0.39, 0.29) is 11.9 Å². The van der Waals surface area contributed by atoms with Gasteiger partial charge in [0.05, 0.1) is 6.04 Å². The molecule has 112 valence electrons. The Bertz CT molecular complexity index is 391. The molecule has 0 spiro atoms. The van der Waals surface area contributed by atoms with Gasteiger partial charge in [0.1, 0.15) is 0 Å². The molecule has 3 heteroatoms. The van der Waals surface area contributed by atoms with Gasteiger partial charge in [0.15, 0.2) is 0 Å². The molecule has 1 unspecified atom stereocenters. The van der Waals surface area contributed by atoms with Crippen LogP contribution in [-0.2, 0) is 11.2 Å². The van der Waals surface area contributed by atoms with Crippen molar-refractivity contribution in [1.29, 1.82) is 0 Å². The molecule has 0 saturated heterocycles. The number of unbranched alkanes of at least 4 members (excludes halogenated alkanes) is 1. The Morgan fingerprint density at radius 3 is 2.45 bits per heavy atom. The van der Waals surface area contributed by atoms with Gasteiger partial charge in [-0.1, -0.05) is 50.6 Å². The zero-order chi connectivity index (χ0) is 15.0. The molecule has 2 atom stereocenters. The lowest BCUT2D eigenvalue weighted by molar-refractivity contribution is -0.134. The fourth-order valence-corrected chi connectivity index (χ4v) is 2.26. The van der Waals surface area contributed by atoms with Crippen LogP contribution in [0, 0.1) is 0 Å². The van der Waals surface area contributed by atoms with Crippen LogP contribution in [0.25, 0.3) is 0 Å². The van der Waals surface area contributed by atoms with Crippen LogP contribution in [0.2, 0.25) is 0 Å². The molecule has 0 bridgehead atoms. The van der Waals surface area contributed by atoms with Crippen LogP contribution in [-0.4, -0.2) is 29.4 Å². The minimum absolute atomic E-state index is 0.0802. The fourth-order valence-electron chi connectivity index (χ4n) is 2.26. The van der Waals surface area contributed by atoms with Gasteiger partial charge < -0.3 is 10.6 Å². The van der Waals surface area contributed by atoms with E-state index in [1.807, 2.05) is 35.2 Å². The third kappa shape index (κ3) is 4.97. The van der Waals surface area contributed by atoms with Crippen molar-refractivity contribution in [1.82, 2.24) is 4.90 Å². The number of hydrogen-bond acceptors (Lipinski definition) is 2. The fraction of sp³-hybridized carbons (Fsp3) is 0.588. The predicted octanol–water partition coefficient (Wildman–Crippen LogP) is 2.98. The Kier molecular flexibility index (Phi) is 7.31. The number of amides is 1. The number of carbonyl (C=O) groups is 1. The molecule has 1 rings (SSSR count). The Morgan fingerprint density at radius 1 is 1.25 bits per heavy atom. The summed E-state index contributed by atoms with van der Waals surface area (Å²) < 4.78 is 0. The van der Waals surface area contributed by atoms with Crippen LogP contribution < -0.4 is 5.73 Å². The van der Waals surface area contributed by atoms with Crippen molar-refractivity contribution in [2.24, 2.45) is 5.73 Å². The SMILES string of the molecule is CCCCN(C(=O)[C@H](N)Cc1ccccc1)C(C)CC. The molecule has 0 radical (unpaired) electrons. The van der Waals surface area contributed by atoms with Gasteiger partial charge in [0.2, 0.25) is 5.91 Å². The molecule has 0 aromatic heterocycles. The molecule has 0 heterocycles. The monoisotopic (exact) mass is 276 g/mol. The number of hydrogen-bond donors (Lipinski definition) is 1. The summed E-state index contributed by atoms with van der Waals surface area (Å²) >= 11 is 0. The lowest BCUT2D eigenvalue weighted by Gasteiger charge is -2.31. The third-order valence-electron chi connectivity index (χ3n) is 3.77. The predicted molar refractivity (Wildman–Crippen MR) is 84.5 cm³/mol. The van der Waals surface area contributed by atoms with Crippen molar-refractivity contribution in [2.75, 3.05) is 6.54 Å². The summed E-state index contributed by atoms with van der Waals surface area (Å²) in [5, 5.41) is 0. The molecule has 1 aromatic rings. The zero-order valence-corrected chi connectivity index (χ0v) is 13.0. The standard InChI is InChI=1S/C17H28N2O/c1-4-6-12-19(14(3)5-2)17(20)16(18)13-15-10-8-7-9-11-15/h7-11,14,16H,4-6,12-13,18H2,1-3H3/t14?,16-/m1/s1.